The molecule has 4 amide bonds. The number of carbonyl (C=O) groups excluding carboxylic acids is 3. The summed E-state index contributed by atoms with van der Waals surface area (Å²) in [6, 6.07) is 12.0. The first-order valence-electron chi connectivity index (χ1n) is 8.08. The second-order valence-corrected chi connectivity index (χ2v) is 6.62. The summed E-state index contributed by atoms with van der Waals surface area (Å²) in [5.41, 5.74) is 6.54. The molecule has 0 fully saturated rings. The highest BCUT2D eigenvalue weighted by Gasteiger charge is 2.08. The lowest BCUT2D eigenvalue weighted by atomic mass is 10.1. The fraction of sp³-hybridized carbons (Fsp3) is 0.167. The third-order valence-electron chi connectivity index (χ3n) is 3.43. The van der Waals surface area contributed by atoms with Gasteiger partial charge in [0, 0.05) is 22.7 Å². The molecule has 0 unspecified atom stereocenters. The lowest BCUT2D eigenvalue weighted by Crippen LogP contribution is -2.33. The van der Waals surface area contributed by atoms with Gasteiger partial charge in [-0.1, -0.05) is 23.9 Å². The topological polar surface area (TPSA) is 113 Å². The van der Waals surface area contributed by atoms with Crippen molar-refractivity contribution >= 4 is 35.3 Å². The number of amides is 4. The lowest BCUT2D eigenvalue weighted by molar-refractivity contribution is -0.117. The Hall–Kier alpha value is -3.14. The summed E-state index contributed by atoms with van der Waals surface area (Å²) >= 11 is 0.428. The summed E-state index contributed by atoms with van der Waals surface area (Å²) in [7, 11) is 0. The minimum atomic E-state index is -2.50. The van der Waals surface area contributed by atoms with Crippen LogP contribution in [0.3, 0.4) is 0 Å². The Morgan fingerprint density at radius 2 is 1.61 bits per heavy atom. The number of carbonyl (C=O) groups is 3. The predicted octanol–water partition coefficient (Wildman–Crippen LogP) is 2.54. The molecular formula is C18H18F2N4O3S. The third kappa shape index (κ3) is 7.23. The monoisotopic (exact) mass is 408 g/mol. The number of halogens is 2. The minimum Gasteiger partial charge on any atom is -0.368 e. The Bertz CT molecular complexity index is 830. The maximum atomic E-state index is 12.3. The number of primary amides is 1. The van der Waals surface area contributed by atoms with Gasteiger partial charge in [-0.05, 0) is 42.0 Å². The zero-order chi connectivity index (χ0) is 20.5. The van der Waals surface area contributed by atoms with Crippen molar-refractivity contribution in [2.24, 2.45) is 5.73 Å². The van der Waals surface area contributed by atoms with Gasteiger partial charge in [0.25, 0.3) is 11.7 Å². The quantitative estimate of drug-likeness (QED) is 0.503. The molecule has 28 heavy (non-hydrogen) atoms. The van der Waals surface area contributed by atoms with Gasteiger partial charge in [0.1, 0.15) is 0 Å². The van der Waals surface area contributed by atoms with Gasteiger partial charge in [-0.25, -0.2) is 4.79 Å². The van der Waals surface area contributed by atoms with Gasteiger partial charge in [0.2, 0.25) is 5.91 Å². The van der Waals surface area contributed by atoms with Gasteiger partial charge in [0.05, 0.1) is 6.54 Å². The van der Waals surface area contributed by atoms with E-state index in [1.54, 1.807) is 24.3 Å². The highest BCUT2D eigenvalue weighted by Crippen LogP contribution is 2.26. The van der Waals surface area contributed by atoms with Crippen LogP contribution in [0.5, 0.6) is 0 Å². The van der Waals surface area contributed by atoms with Crippen molar-refractivity contribution in [3.63, 3.8) is 0 Å². The van der Waals surface area contributed by atoms with Crippen molar-refractivity contribution in [2.45, 2.75) is 17.2 Å². The van der Waals surface area contributed by atoms with E-state index in [9.17, 15) is 23.2 Å². The average Bonchev–Trinajstić information content (AvgIpc) is 2.66. The van der Waals surface area contributed by atoms with E-state index in [4.69, 9.17) is 5.73 Å². The molecule has 0 saturated carbocycles. The Balaban J connectivity index is 1.80. The maximum Gasteiger partial charge on any atom is 0.319 e. The number of benzene rings is 2. The van der Waals surface area contributed by atoms with E-state index in [1.807, 2.05) is 0 Å². The zero-order valence-corrected chi connectivity index (χ0v) is 15.4. The first-order valence-corrected chi connectivity index (χ1v) is 8.96. The van der Waals surface area contributed by atoms with E-state index in [0.29, 0.717) is 27.9 Å². The number of hydrogen-bond acceptors (Lipinski definition) is 4. The van der Waals surface area contributed by atoms with Crippen LogP contribution in [0.2, 0.25) is 0 Å². The van der Waals surface area contributed by atoms with Crippen LogP contribution in [-0.2, 0) is 11.3 Å². The van der Waals surface area contributed by atoms with Crippen molar-refractivity contribution in [3.8, 4) is 0 Å². The fourth-order valence-electron chi connectivity index (χ4n) is 2.12. The van der Waals surface area contributed by atoms with Crippen LogP contribution < -0.4 is 21.7 Å². The Morgan fingerprint density at radius 1 is 0.964 bits per heavy atom. The fourth-order valence-corrected chi connectivity index (χ4v) is 2.62. The highest BCUT2D eigenvalue weighted by atomic mass is 32.2. The normalized spacial score (nSPS) is 10.4. The summed E-state index contributed by atoms with van der Waals surface area (Å²) in [4.78, 5) is 34.8. The van der Waals surface area contributed by atoms with E-state index in [-0.39, 0.29) is 13.1 Å². The number of rotatable bonds is 8. The molecule has 7 nitrogen and oxygen atoms in total. The summed E-state index contributed by atoms with van der Waals surface area (Å²) in [5, 5.41) is 7.61. The molecule has 0 heterocycles. The van der Waals surface area contributed by atoms with Crippen LogP contribution in [0.15, 0.2) is 53.4 Å². The molecule has 10 heteroatoms. The number of nitrogens with two attached hydrogens (primary N) is 1. The number of anilines is 1. The van der Waals surface area contributed by atoms with Gasteiger partial charge in [-0.15, -0.1) is 0 Å². The minimum absolute atomic E-state index is 0.217. The van der Waals surface area contributed by atoms with Gasteiger partial charge in [-0.3, -0.25) is 9.59 Å². The predicted molar refractivity (Wildman–Crippen MR) is 102 cm³/mol. The van der Waals surface area contributed by atoms with E-state index in [0.717, 1.165) is 5.56 Å². The van der Waals surface area contributed by atoms with Crippen LogP contribution in [0.25, 0.3) is 0 Å². The van der Waals surface area contributed by atoms with E-state index in [2.05, 4.69) is 16.0 Å². The molecule has 0 spiro atoms. The summed E-state index contributed by atoms with van der Waals surface area (Å²) in [6.45, 7) is -0.0293. The van der Waals surface area contributed by atoms with Gasteiger partial charge in [0.15, 0.2) is 0 Å². The molecule has 0 aliphatic carbocycles. The molecule has 2 aromatic carbocycles. The summed E-state index contributed by atoms with van der Waals surface area (Å²) < 4.78 is 24.5. The molecule has 2 rings (SSSR count). The first-order chi connectivity index (χ1) is 13.3. The largest absolute Gasteiger partial charge is 0.368 e. The van der Waals surface area contributed by atoms with Gasteiger partial charge in [-0.2, -0.15) is 8.78 Å². The van der Waals surface area contributed by atoms with Crippen molar-refractivity contribution in [1.82, 2.24) is 10.6 Å². The molecule has 5 N–H and O–H groups in total. The van der Waals surface area contributed by atoms with Gasteiger partial charge >= 0.3 is 6.03 Å². The second-order valence-electron chi connectivity index (χ2n) is 5.56. The van der Waals surface area contributed by atoms with Crippen molar-refractivity contribution in [3.05, 3.63) is 59.7 Å². The second kappa shape index (κ2) is 10.3. The molecule has 0 radical (unpaired) electrons. The number of urea groups is 1. The molecule has 0 aromatic heterocycles. The Morgan fingerprint density at radius 3 is 2.18 bits per heavy atom. The van der Waals surface area contributed by atoms with E-state index in [1.165, 1.54) is 24.3 Å². The van der Waals surface area contributed by atoms with Crippen molar-refractivity contribution < 1.29 is 23.2 Å². The molecule has 0 saturated heterocycles. The lowest BCUT2D eigenvalue weighted by Gasteiger charge is -2.09. The average molecular weight is 408 g/mol. The summed E-state index contributed by atoms with van der Waals surface area (Å²) in [5.74, 6) is -3.56. The number of nitrogens with one attached hydrogen (secondary N) is 3. The Kier molecular flexibility index (Phi) is 7.76. The maximum absolute atomic E-state index is 12.3. The van der Waals surface area contributed by atoms with Crippen LogP contribution in [0.4, 0.5) is 19.3 Å². The van der Waals surface area contributed by atoms with Crippen molar-refractivity contribution in [2.75, 3.05) is 11.9 Å². The molecule has 0 aliphatic heterocycles. The highest BCUT2D eigenvalue weighted by molar-refractivity contribution is 7.99. The smallest absolute Gasteiger partial charge is 0.319 e. The molecule has 0 atom stereocenters. The summed E-state index contributed by atoms with van der Waals surface area (Å²) in [6.07, 6.45) is 0. The SMILES string of the molecule is NC(=O)CNC(=O)c1ccc(CNC(=O)Nc2ccc(SC(F)F)cc2)cc1. The zero-order valence-electron chi connectivity index (χ0n) is 14.6. The van der Waals surface area contributed by atoms with E-state index >= 15 is 0 Å². The molecular weight excluding hydrogens is 390 g/mol. The third-order valence-corrected chi connectivity index (χ3v) is 4.15. The van der Waals surface area contributed by atoms with Crippen LogP contribution in [-0.4, -0.2) is 30.1 Å². The Labute approximate surface area is 164 Å². The molecule has 2 aromatic rings. The molecule has 148 valence electrons. The van der Waals surface area contributed by atoms with E-state index < -0.39 is 23.6 Å². The van der Waals surface area contributed by atoms with Crippen LogP contribution in [0.1, 0.15) is 15.9 Å². The number of thioether (sulfide) groups is 1. The number of alkyl halides is 2. The number of hydrogen-bond donors (Lipinski definition) is 4. The standard InChI is InChI=1S/C18H18F2N4O3S/c19-17(20)28-14-7-5-13(6-8-14)24-18(27)23-9-11-1-3-12(4-2-11)16(26)22-10-15(21)25/h1-8,17H,9-10H2,(H2,21,25)(H,22,26)(H2,23,24,27). The van der Waals surface area contributed by atoms with Crippen LogP contribution >= 0.6 is 11.8 Å². The molecule has 0 aliphatic rings. The molecule has 0 bridgehead atoms. The first kappa shape index (κ1) is 21.2. The van der Waals surface area contributed by atoms with Gasteiger partial charge < -0.3 is 21.7 Å². The van der Waals surface area contributed by atoms with Crippen molar-refractivity contribution in [1.29, 1.82) is 0 Å². The van der Waals surface area contributed by atoms with Crippen LogP contribution in [0, 0.1) is 0 Å².